The Labute approximate surface area is 157 Å². The van der Waals surface area contributed by atoms with Gasteiger partial charge in [0.15, 0.2) is 5.16 Å². The normalized spacial score (nSPS) is 13.4. The van der Waals surface area contributed by atoms with Gasteiger partial charge in [-0.1, -0.05) is 42.1 Å². The van der Waals surface area contributed by atoms with E-state index < -0.39 is 0 Å². The molecule has 138 valence electrons. The lowest BCUT2D eigenvalue weighted by atomic mass is 10.2. The Morgan fingerprint density at radius 3 is 2.62 bits per heavy atom. The molecule has 0 aliphatic heterocycles. The number of thioether (sulfide) groups is 1. The van der Waals surface area contributed by atoms with Gasteiger partial charge in [0.05, 0.1) is 18.8 Å². The van der Waals surface area contributed by atoms with Gasteiger partial charge in [-0.05, 0) is 25.3 Å². The van der Waals surface area contributed by atoms with Crippen molar-refractivity contribution in [3.8, 4) is 0 Å². The molecule has 0 radical (unpaired) electrons. The maximum absolute atomic E-state index is 12.0. The van der Waals surface area contributed by atoms with E-state index in [1.54, 1.807) is 0 Å². The van der Waals surface area contributed by atoms with Crippen LogP contribution in [0.1, 0.15) is 37.1 Å². The van der Waals surface area contributed by atoms with Crippen LogP contribution in [-0.2, 0) is 16.1 Å². The summed E-state index contributed by atoms with van der Waals surface area (Å²) >= 11 is 1.35. The van der Waals surface area contributed by atoms with E-state index in [1.807, 2.05) is 25.1 Å². The molecule has 1 aromatic carbocycles. The third-order valence-electron chi connectivity index (χ3n) is 4.02. The molecule has 1 heterocycles. The van der Waals surface area contributed by atoms with E-state index in [-0.39, 0.29) is 24.1 Å². The van der Waals surface area contributed by atoms with Crippen LogP contribution in [-0.4, -0.2) is 45.4 Å². The van der Waals surface area contributed by atoms with Crippen molar-refractivity contribution in [3.05, 3.63) is 41.7 Å². The van der Waals surface area contributed by atoms with E-state index in [0.29, 0.717) is 19.0 Å². The SMILES string of the molecule is CCNC(=O)CNC(=O)CSc1nnc(C2CC2)n1Cc1ccccc1. The Balaban J connectivity index is 1.60. The Morgan fingerprint density at radius 1 is 1.15 bits per heavy atom. The Hall–Kier alpha value is -2.35. The molecule has 8 heteroatoms. The minimum absolute atomic E-state index is 0.00272. The first-order chi connectivity index (χ1) is 12.7. The van der Waals surface area contributed by atoms with Crippen LogP contribution < -0.4 is 10.6 Å². The van der Waals surface area contributed by atoms with E-state index in [0.717, 1.165) is 23.8 Å². The molecule has 0 bridgehead atoms. The van der Waals surface area contributed by atoms with Crippen molar-refractivity contribution >= 4 is 23.6 Å². The summed E-state index contributed by atoms with van der Waals surface area (Å²) in [6.07, 6.45) is 2.29. The number of nitrogens with zero attached hydrogens (tertiary/aromatic N) is 3. The van der Waals surface area contributed by atoms with Gasteiger partial charge in [0.25, 0.3) is 0 Å². The fraction of sp³-hybridized carbons (Fsp3) is 0.444. The van der Waals surface area contributed by atoms with Crippen LogP contribution in [0.4, 0.5) is 0 Å². The van der Waals surface area contributed by atoms with Crippen molar-refractivity contribution in [1.82, 2.24) is 25.4 Å². The molecule has 7 nitrogen and oxygen atoms in total. The smallest absolute Gasteiger partial charge is 0.239 e. The highest BCUT2D eigenvalue weighted by molar-refractivity contribution is 7.99. The number of hydrogen-bond acceptors (Lipinski definition) is 5. The summed E-state index contributed by atoms with van der Waals surface area (Å²) in [5, 5.41) is 14.6. The van der Waals surface area contributed by atoms with Gasteiger partial charge in [0.1, 0.15) is 5.82 Å². The van der Waals surface area contributed by atoms with Gasteiger partial charge < -0.3 is 15.2 Å². The number of aromatic nitrogens is 3. The molecule has 0 spiro atoms. The number of likely N-dealkylation sites (N-methyl/N-ethyl adjacent to an activating group) is 1. The molecule has 1 aliphatic rings. The van der Waals surface area contributed by atoms with Gasteiger partial charge in [-0.25, -0.2) is 0 Å². The van der Waals surface area contributed by atoms with E-state index >= 15 is 0 Å². The minimum atomic E-state index is -0.191. The average molecular weight is 373 g/mol. The van der Waals surface area contributed by atoms with Crippen LogP contribution >= 0.6 is 11.8 Å². The fourth-order valence-electron chi connectivity index (χ4n) is 2.58. The Morgan fingerprint density at radius 2 is 1.92 bits per heavy atom. The molecule has 3 rings (SSSR count). The van der Waals surface area contributed by atoms with Gasteiger partial charge in [-0.2, -0.15) is 0 Å². The third kappa shape index (κ3) is 5.08. The number of carbonyl (C=O) groups excluding carboxylic acids is 2. The zero-order valence-corrected chi connectivity index (χ0v) is 15.6. The highest BCUT2D eigenvalue weighted by Crippen LogP contribution is 2.40. The summed E-state index contributed by atoms with van der Waals surface area (Å²) in [5.74, 6) is 1.31. The summed E-state index contributed by atoms with van der Waals surface area (Å²) in [6, 6.07) is 10.2. The summed E-state index contributed by atoms with van der Waals surface area (Å²) in [4.78, 5) is 23.4. The molecule has 2 aromatic rings. The number of nitrogens with one attached hydrogen (secondary N) is 2. The van der Waals surface area contributed by atoms with Gasteiger partial charge in [-0.3, -0.25) is 9.59 Å². The summed E-state index contributed by atoms with van der Waals surface area (Å²) in [5.41, 5.74) is 1.18. The van der Waals surface area contributed by atoms with Crippen LogP contribution in [0.3, 0.4) is 0 Å². The van der Waals surface area contributed by atoms with E-state index in [1.165, 1.54) is 17.3 Å². The van der Waals surface area contributed by atoms with E-state index in [9.17, 15) is 9.59 Å². The van der Waals surface area contributed by atoms with Crippen molar-refractivity contribution in [1.29, 1.82) is 0 Å². The fourth-order valence-corrected chi connectivity index (χ4v) is 3.36. The standard InChI is InChI=1S/C18H23N5O2S/c1-2-19-15(24)10-20-16(25)12-26-18-22-21-17(14-8-9-14)23(18)11-13-6-4-3-5-7-13/h3-7,14H,2,8-12H2,1H3,(H,19,24)(H,20,25). The maximum Gasteiger partial charge on any atom is 0.239 e. The lowest BCUT2D eigenvalue weighted by Gasteiger charge is -2.10. The molecule has 2 amide bonds. The molecule has 1 aliphatic carbocycles. The number of carbonyl (C=O) groups is 2. The molecular weight excluding hydrogens is 350 g/mol. The highest BCUT2D eigenvalue weighted by Gasteiger charge is 2.30. The number of hydrogen-bond donors (Lipinski definition) is 2. The van der Waals surface area contributed by atoms with Crippen molar-refractivity contribution in [2.45, 2.75) is 37.4 Å². The average Bonchev–Trinajstić information content (AvgIpc) is 3.41. The van der Waals surface area contributed by atoms with Gasteiger partial charge in [-0.15, -0.1) is 10.2 Å². The molecule has 0 saturated heterocycles. The predicted molar refractivity (Wildman–Crippen MR) is 100.0 cm³/mol. The first kappa shape index (κ1) is 18.4. The first-order valence-electron chi connectivity index (χ1n) is 8.80. The molecule has 2 N–H and O–H groups in total. The quantitative estimate of drug-likeness (QED) is 0.651. The molecule has 26 heavy (non-hydrogen) atoms. The molecule has 1 fully saturated rings. The van der Waals surface area contributed by atoms with Gasteiger partial charge >= 0.3 is 0 Å². The molecule has 0 unspecified atom stereocenters. The molecule has 1 aromatic heterocycles. The zero-order valence-electron chi connectivity index (χ0n) is 14.8. The maximum atomic E-state index is 12.0. The second kappa shape index (κ2) is 8.84. The topological polar surface area (TPSA) is 88.9 Å². The van der Waals surface area contributed by atoms with Crippen molar-refractivity contribution < 1.29 is 9.59 Å². The van der Waals surface area contributed by atoms with E-state index in [4.69, 9.17) is 0 Å². The minimum Gasteiger partial charge on any atom is -0.355 e. The Bertz CT molecular complexity index is 758. The van der Waals surface area contributed by atoms with Crippen molar-refractivity contribution in [3.63, 3.8) is 0 Å². The van der Waals surface area contributed by atoms with Gasteiger partial charge in [0.2, 0.25) is 11.8 Å². The number of rotatable bonds is 9. The van der Waals surface area contributed by atoms with Crippen molar-refractivity contribution in [2.75, 3.05) is 18.8 Å². The lowest BCUT2D eigenvalue weighted by Crippen LogP contribution is -2.37. The first-order valence-corrected chi connectivity index (χ1v) is 9.79. The van der Waals surface area contributed by atoms with Crippen LogP contribution in [0.2, 0.25) is 0 Å². The van der Waals surface area contributed by atoms with Crippen LogP contribution in [0, 0.1) is 0 Å². The number of amides is 2. The van der Waals surface area contributed by atoms with Crippen LogP contribution in [0.5, 0.6) is 0 Å². The largest absolute Gasteiger partial charge is 0.355 e. The summed E-state index contributed by atoms with van der Waals surface area (Å²) < 4.78 is 2.11. The highest BCUT2D eigenvalue weighted by atomic mass is 32.2. The van der Waals surface area contributed by atoms with Crippen LogP contribution in [0.25, 0.3) is 0 Å². The van der Waals surface area contributed by atoms with E-state index in [2.05, 4.69) is 37.5 Å². The van der Waals surface area contributed by atoms with Gasteiger partial charge in [0, 0.05) is 12.5 Å². The van der Waals surface area contributed by atoms with Crippen LogP contribution in [0.15, 0.2) is 35.5 Å². The molecular formula is C18H23N5O2S. The zero-order chi connectivity index (χ0) is 18.4. The number of benzene rings is 1. The lowest BCUT2D eigenvalue weighted by molar-refractivity contribution is -0.124. The monoisotopic (exact) mass is 373 g/mol. The third-order valence-corrected chi connectivity index (χ3v) is 4.99. The second-order valence-electron chi connectivity index (χ2n) is 6.21. The molecule has 0 atom stereocenters. The summed E-state index contributed by atoms with van der Waals surface area (Å²) in [6.45, 7) is 3.09. The second-order valence-corrected chi connectivity index (χ2v) is 7.15. The predicted octanol–water partition coefficient (Wildman–Crippen LogP) is 1.55. The Kier molecular flexibility index (Phi) is 6.27. The summed E-state index contributed by atoms with van der Waals surface area (Å²) in [7, 11) is 0. The van der Waals surface area contributed by atoms with Crippen molar-refractivity contribution in [2.24, 2.45) is 0 Å². The molecule has 1 saturated carbocycles.